The van der Waals surface area contributed by atoms with Crippen molar-refractivity contribution in [2.75, 3.05) is 27.2 Å². The second-order valence-electron chi connectivity index (χ2n) is 8.08. The molecule has 0 unspecified atom stereocenters. The van der Waals surface area contributed by atoms with E-state index in [1.807, 2.05) is 31.2 Å². The number of rotatable bonds is 13. The van der Waals surface area contributed by atoms with E-state index in [0.29, 0.717) is 18.7 Å². The second-order valence-corrected chi connectivity index (χ2v) is 10.1. The Kier molecular flexibility index (Phi) is 10.5. The van der Waals surface area contributed by atoms with Crippen LogP contribution in [0.4, 0.5) is 0 Å². The zero-order chi connectivity index (χ0) is 25.1. The number of hydrogen-bond acceptors (Lipinski definition) is 5. The number of amides is 2. The SMILES string of the molecule is CCCNC(=O)[C@H](C)N(Cc1cccc(OC)c1)C(=O)CCCN(C)S(=O)(=O)c1ccccc1. The second kappa shape index (κ2) is 13.1. The molecule has 0 heterocycles. The number of benzene rings is 2. The molecule has 2 aromatic carbocycles. The van der Waals surface area contributed by atoms with Crippen molar-refractivity contribution in [3.8, 4) is 5.75 Å². The fourth-order valence-corrected chi connectivity index (χ4v) is 4.67. The van der Waals surface area contributed by atoms with Crippen LogP contribution in [0.2, 0.25) is 0 Å². The van der Waals surface area contributed by atoms with Crippen LogP contribution >= 0.6 is 0 Å². The third-order valence-electron chi connectivity index (χ3n) is 5.52. The highest BCUT2D eigenvalue weighted by atomic mass is 32.2. The average molecular weight is 490 g/mol. The van der Waals surface area contributed by atoms with Gasteiger partial charge in [-0.25, -0.2) is 12.7 Å². The maximum atomic E-state index is 13.2. The van der Waals surface area contributed by atoms with Gasteiger partial charge in [0.15, 0.2) is 0 Å². The van der Waals surface area contributed by atoms with Gasteiger partial charge in [-0.15, -0.1) is 0 Å². The molecule has 1 atom stereocenters. The normalized spacial score (nSPS) is 12.3. The van der Waals surface area contributed by atoms with Gasteiger partial charge in [-0.1, -0.05) is 37.3 Å². The summed E-state index contributed by atoms with van der Waals surface area (Å²) in [7, 11) is -0.549. The van der Waals surface area contributed by atoms with Crippen molar-refractivity contribution < 1.29 is 22.7 Å². The zero-order valence-electron chi connectivity index (χ0n) is 20.4. The summed E-state index contributed by atoms with van der Waals surface area (Å²) in [6.45, 7) is 4.63. The van der Waals surface area contributed by atoms with Gasteiger partial charge in [-0.05, 0) is 49.6 Å². The molecule has 0 saturated carbocycles. The summed E-state index contributed by atoms with van der Waals surface area (Å²) < 4.78 is 31.9. The van der Waals surface area contributed by atoms with Crippen LogP contribution in [0.5, 0.6) is 5.75 Å². The van der Waals surface area contributed by atoms with Crippen LogP contribution in [-0.2, 0) is 26.2 Å². The van der Waals surface area contributed by atoms with E-state index >= 15 is 0 Å². The van der Waals surface area contributed by atoms with Crippen molar-refractivity contribution >= 4 is 21.8 Å². The molecule has 2 aromatic rings. The molecule has 1 N–H and O–H groups in total. The molecule has 0 aliphatic rings. The fraction of sp³-hybridized carbons (Fsp3) is 0.440. The molecular weight excluding hydrogens is 454 g/mol. The first-order valence-corrected chi connectivity index (χ1v) is 12.9. The molecular formula is C25H35N3O5S. The highest BCUT2D eigenvalue weighted by Gasteiger charge is 2.26. The third kappa shape index (κ3) is 7.56. The predicted molar refractivity (Wildman–Crippen MR) is 132 cm³/mol. The maximum Gasteiger partial charge on any atom is 0.242 e. The van der Waals surface area contributed by atoms with Gasteiger partial charge in [0.05, 0.1) is 12.0 Å². The van der Waals surface area contributed by atoms with Crippen LogP contribution in [-0.4, -0.2) is 62.7 Å². The first-order valence-electron chi connectivity index (χ1n) is 11.4. The lowest BCUT2D eigenvalue weighted by atomic mass is 10.1. The topological polar surface area (TPSA) is 96.0 Å². The van der Waals surface area contributed by atoms with Gasteiger partial charge in [0.25, 0.3) is 0 Å². The Labute approximate surface area is 202 Å². The summed E-state index contributed by atoms with van der Waals surface area (Å²) in [6.07, 6.45) is 1.24. The van der Waals surface area contributed by atoms with Crippen molar-refractivity contribution in [1.29, 1.82) is 0 Å². The lowest BCUT2D eigenvalue weighted by molar-refractivity contribution is -0.140. The lowest BCUT2D eigenvalue weighted by Crippen LogP contribution is -2.47. The number of sulfonamides is 1. The van der Waals surface area contributed by atoms with Crippen molar-refractivity contribution in [1.82, 2.24) is 14.5 Å². The first-order chi connectivity index (χ1) is 16.2. The highest BCUT2D eigenvalue weighted by molar-refractivity contribution is 7.89. The number of methoxy groups -OCH3 is 1. The number of nitrogens with zero attached hydrogens (tertiary/aromatic N) is 2. The van der Waals surface area contributed by atoms with Crippen LogP contribution in [0.1, 0.15) is 38.7 Å². The van der Waals surface area contributed by atoms with Crippen LogP contribution in [0.15, 0.2) is 59.5 Å². The summed E-state index contributed by atoms with van der Waals surface area (Å²) in [4.78, 5) is 27.5. The Morgan fingerprint density at radius 2 is 1.79 bits per heavy atom. The Hall–Kier alpha value is -2.91. The number of nitrogens with one attached hydrogen (secondary N) is 1. The van der Waals surface area contributed by atoms with E-state index in [1.165, 1.54) is 16.3 Å². The van der Waals surface area contributed by atoms with Gasteiger partial charge in [0.1, 0.15) is 11.8 Å². The van der Waals surface area contributed by atoms with Gasteiger partial charge in [-0.3, -0.25) is 9.59 Å². The van der Waals surface area contributed by atoms with E-state index in [0.717, 1.165) is 12.0 Å². The average Bonchev–Trinajstić information content (AvgIpc) is 2.85. The van der Waals surface area contributed by atoms with E-state index in [2.05, 4.69) is 5.32 Å². The highest BCUT2D eigenvalue weighted by Crippen LogP contribution is 2.18. The molecule has 0 aliphatic heterocycles. The van der Waals surface area contributed by atoms with Crippen molar-refractivity contribution in [2.24, 2.45) is 0 Å². The van der Waals surface area contributed by atoms with E-state index in [4.69, 9.17) is 4.74 Å². The molecule has 8 nitrogen and oxygen atoms in total. The maximum absolute atomic E-state index is 13.2. The van der Waals surface area contributed by atoms with Crippen LogP contribution in [0.25, 0.3) is 0 Å². The Balaban J connectivity index is 2.08. The van der Waals surface area contributed by atoms with Crippen LogP contribution < -0.4 is 10.1 Å². The predicted octanol–water partition coefficient (Wildman–Crippen LogP) is 3.04. The number of carbonyl (C=O) groups excluding carboxylic acids is 2. The van der Waals surface area contributed by atoms with E-state index in [9.17, 15) is 18.0 Å². The van der Waals surface area contributed by atoms with Crippen molar-refractivity contribution in [2.45, 2.75) is 50.6 Å². The van der Waals surface area contributed by atoms with Crippen molar-refractivity contribution in [3.63, 3.8) is 0 Å². The van der Waals surface area contributed by atoms with Crippen molar-refractivity contribution in [3.05, 3.63) is 60.2 Å². The summed E-state index contributed by atoms with van der Waals surface area (Å²) >= 11 is 0. The third-order valence-corrected chi connectivity index (χ3v) is 7.39. The standard InChI is InChI=1S/C25H35N3O5S/c1-5-16-26-25(30)20(2)28(19-21-11-9-12-22(18-21)33-4)24(29)15-10-17-27(3)34(31,32)23-13-7-6-8-14-23/h6-9,11-14,18,20H,5,10,15-17,19H2,1-4H3,(H,26,30)/t20-/m0/s1. The molecule has 0 fully saturated rings. The quantitative estimate of drug-likeness (QED) is 0.467. The molecule has 0 aromatic heterocycles. The minimum absolute atomic E-state index is 0.115. The minimum Gasteiger partial charge on any atom is -0.497 e. The monoisotopic (exact) mass is 489 g/mol. The molecule has 0 radical (unpaired) electrons. The van der Waals surface area contributed by atoms with Crippen LogP contribution in [0.3, 0.4) is 0 Å². The number of hydrogen-bond donors (Lipinski definition) is 1. The minimum atomic E-state index is -3.62. The smallest absolute Gasteiger partial charge is 0.242 e. The number of ether oxygens (including phenoxy) is 1. The zero-order valence-corrected chi connectivity index (χ0v) is 21.2. The van der Waals surface area contributed by atoms with E-state index in [-0.39, 0.29) is 36.2 Å². The molecule has 2 amide bonds. The first kappa shape index (κ1) is 27.3. The van der Waals surface area contributed by atoms with Gasteiger partial charge in [0, 0.05) is 33.1 Å². The summed E-state index contributed by atoms with van der Waals surface area (Å²) in [5, 5.41) is 2.84. The molecule has 9 heteroatoms. The largest absolute Gasteiger partial charge is 0.497 e. The fourth-order valence-electron chi connectivity index (χ4n) is 3.44. The van der Waals surface area contributed by atoms with Gasteiger partial charge < -0.3 is 15.0 Å². The molecule has 34 heavy (non-hydrogen) atoms. The van der Waals surface area contributed by atoms with E-state index < -0.39 is 16.1 Å². The lowest BCUT2D eigenvalue weighted by Gasteiger charge is -2.29. The summed E-state index contributed by atoms with van der Waals surface area (Å²) in [5.41, 5.74) is 0.839. The molecule has 0 saturated heterocycles. The number of carbonyl (C=O) groups is 2. The summed E-state index contributed by atoms with van der Waals surface area (Å²) in [6, 6.07) is 14.9. The van der Waals surface area contributed by atoms with Gasteiger partial charge >= 0.3 is 0 Å². The molecule has 0 spiro atoms. The molecule has 0 bridgehead atoms. The van der Waals surface area contributed by atoms with Gasteiger partial charge in [-0.2, -0.15) is 0 Å². The molecule has 2 rings (SSSR count). The molecule has 0 aliphatic carbocycles. The van der Waals surface area contributed by atoms with Gasteiger partial charge in [0.2, 0.25) is 21.8 Å². The molecule has 186 valence electrons. The Bertz CT molecular complexity index is 1040. The Morgan fingerprint density at radius 1 is 1.09 bits per heavy atom. The van der Waals surface area contributed by atoms with E-state index in [1.54, 1.807) is 44.4 Å². The Morgan fingerprint density at radius 3 is 2.44 bits per heavy atom. The summed E-state index contributed by atoms with van der Waals surface area (Å²) in [5.74, 6) is 0.232. The van der Waals surface area contributed by atoms with Crippen LogP contribution in [0, 0.1) is 0 Å².